The van der Waals surface area contributed by atoms with Crippen molar-refractivity contribution in [2.24, 2.45) is 10.2 Å². The number of nitrogens with zero attached hydrogens (tertiary/aromatic N) is 3. The Balaban J connectivity index is 1.63. The molecule has 1 aliphatic heterocycles. The molecule has 2 N–H and O–H groups in total. The van der Waals surface area contributed by atoms with Gasteiger partial charge in [0, 0.05) is 5.56 Å². The SMILES string of the molecule is COc1cc(/C=N/N=C2\S/C(=C\c3ccccc3O)C(=O)N2Cc2ccco2)ccc1O. The van der Waals surface area contributed by atoms with Gasteiger partial charge in [-0.3, -0.25) is 9.69 Å². The lowest BCUT2D eigenvalue weighted by molar-refractivity contribution is -0.122. The van der Waals surface area contributed by atoms with Crippen LogP contribution in [0.2, 0.25) is 0 Å². The van der Waals surface area contributed by atoms with Crippen LogP contribution in [-0.2, 0) is 11.3 Å². The quantitative estimate of drug-likeness (QED) is 0.332. The predicted molar refractivity (Wildman–Crippen MR) is 123 cm³/mol. The molecule has 1 fully saturated rings. The van der Waals surface area contributed by atoms with Crippen molar-refractivity contribution in [3.8, 4) is 17.2 Å². The zero-order valence-corrected chi connectivity index (χ0v) is 17.8. The molecule has 0 aliphatic carbocycles. The fourth-order valence-corrected chi connectivity index (χ4v) is 3.88. The third-order valence-electron chi connectivity index (χ3n) is 4.56. The van der Waals surface area contributed by atoms with Crippen LogP contribution in [0.3, 0.4) is 0 Å². The van der Waals surface area contributed by atoms with Gasteiger partial charge >= 0.3 is 0 Å². The molecule has 2 heterocycles. The molecule has 0 spiro atoms. The average Bonchev–Trinajstić information content (AvgIpc) is 3.41. The van der Waals surface area contributed by atoms with Crippen LogP contribution in [-0.4, -0.2) is 39.5 Å². The van der Waals surface area contributed by atoms with Crippen LogP contribution in [0.1, 0.15) is 16.9 Å². The summed E-state index contributed by atoms with van der Waals surface area (Å²) in [4.78, 5) is 14.9. The van der Waals surface area contributed by atoms with Crippen molar-refractivity contribution >= 4 is 35.1 Å². The number of furan rings is 1. The number of carbonyl (C=O) groups is 1. The minimum absolute atomic E-state index is 0.0245. The van der Waals surface area contributed by atoms with Gasteiger partial charge in [0.25, 0.3) is 5.91 Å². The molecule has 32 heavy (non-hydrogen) atoms. The normalized spacial score (nSPS) is 16.5. The van der Waals surface area contributed by atoms with Gasteiger partial charge in [0.05, 0.1) is 31.0 Å². The summed E-state index contributed by atoms with van der Waals surface area (Å²) in [5.41, 5.74) is 1.20. The Bertz CT molecular complexity index is 1220. The molecule has 4 rings (SSSR count). The number of para-hydroxylation sites is 1. The maximum Gasteiger partial charge on any atom is 0.267 e. The van der Waals surface area contributed by atoms with Gasteiger partial charge in [-0.2, -0.15) is 5.10 Å². The Morgan fingerprint density at radius 1 is 1.12 bits per heavy atom. The first kappa shape index (κ1) is 21.3. The van der Waals surface area contributed by atoms with Crippen molar-refractivity contribution in [2.45, 2.75) is 6.54 Å². The van der Waals surface area contributed by atoms with Gasteiger partial charge in [0.2, 0.25) is 0 Å². The second-order valence-corrected chi connectivity index (χ2v) is 7.71. The highest BCUT2D eigenvalue weighted by Crippen LogP contribution is 2.35. The van der Waals surface area contributed by atoms with Crippen molar-refractivity contribution in [2.75, 3.05) is 7.11 Å². The minimum atomic E-state index is -0.269. The number of carbonyl (C=O) groups excluding carboxylic acids is 1. The second kappa shape index (κ2) is 9.44. The van der Waals surface area contributed by atoms with E-state index in [1.54, 1.807) is 54.6 Å². The van der Waals surface area contributed by atoms with Crippen molar-refractivity contribution < 1.29 is 24.2 Å². The van der Waals surface area contributed by atoms with Crippen molar-refractivity contribution in [1.29, 1.82) is 0 Å². The lowest BCUT2D eigenvalue weighted by atomic mass is 10.2. The zero-order chi connectivity index (χ0) is 22.5. The van der Waals surface area contributed by atoms with Crippen LogP contribution >= 0.6 is 11.8 Å². The molecule has 8 nitrogen and oxygen atoms in total. The summed E-state index contributed by atoms with van der Waals surface area (Å²) < 4.78 is 10.5. The largest absolute Gasteiger partial charge is 0.507 e. The summed E-state index contributed by atoms with van der Waals surface area (Å²) in [6.45, 7) is 0.193. The van der Waals surface area contributed by atoms with E-state index in [-0.39, 0.29) is 24.0 Å². The van der Waals surface area contributed by atoms with Crippen LogP contribution in [0, 0.1) is 0 Å². The van der Waals surface area contributed by atoms with E-state index < -0.39 is 0 Å². The summed E-state index contributed by atoms with van der Waals surface area (Å²) in [5.74, 6) is 0.754. The molecule has 1 aliphatic rings. The van der Waals surface area contributed by atoms with E-state index in [0.29, 0.717) is 32.7 Å². The Morgan fingerprint density at radius 3 is 2.72 bits per heavy atom. The molecule has 0 radical (unpaired) electrons. The van der Waals surface area contributed by atoms with Crippen LogP contribution in [0.5, 0.6) is 17.2 Å². The lowest BCUT2D eigenvalue weighted by Crippen LogP contribution is -2.28. The fraction of sp³-hybridized carbons (Fsp3) is 0.0870. The number of amides is 1. The summed E-state index contributed by atoms with van der Waals surface area (Å²) in [6, 6.07) is 15.1. The van der Waals surface area contributed by atoms with Gasteiger partial charge in [0.1, 0.15) is 11.5 Å². The zero-order valence-electron chi connectivity index (χ0n) is 17.0. The summed E-state index contributed by atoms with van der Waals surface area (Å²) in [7, 11) is 1.46. The molecular weight excluding hydrogens is 430 g/mol. The molecular formula is C23H19N3O5S. The first-order chi connectivity index (χ1) is 15.5. The molecule has 162 valence electrons. The maximum atomic E-state index is 13.0. The van der Waals surface area contributed by atoms with Gasteiger partial charge in [-0.15, -0.1) is 5.10 Å². The molecule has 0 atom stereocenters. The number of hydrogen-bond donors (Lipinski definition) is 2. The number of amidine groups is 1. The Morgan fingerprint density at radius 2 is 1.97 bits per heavy atom. The average molecular weight is 449 g/mol. The van der Waals surface area contributed by atoms with Crippen LogP contribution in [0.15, 0.2) is 80.4 Å². The molecule has 2 aromatic carbocycles. The molecule has 1 amide bonds. The van der Waals surface area contributed by atoms with Gasteiger partial charge < -0.3 is 19.4 Å². The Hall–Kier alpha value is -3.98. The van der Waals surface area contributed by atoms with Gasteiger partial charge in [-0.1, -0.05) is 18.2 Å². The maximum absolute atomic E-state index is 13.0. The molecule has 1 saturated heterocycles. The third-order valence-corrected chi connectivity index (χ3v) is 5.56. The summed E-state index contributed by atoms with van der Waals surface area (Å²) in [5, 5.41) is 28.5. The molecule has 0 unspecified atom stereocenters. The predicted octanol–water partition coefficient (Wildman–Crippen LogP) is 4.21. The number of phenols is 2. The number of benzene rings is 2. The Kier molecular flexibility index (Phi) is 6.27. The van der Waals surface area contributed by atoms with E-state index in [0.717, 1.165) is 11.8 Å². The second-order valence-electron chi connectivity index (χ2n) is 6.70. The van der Waals surface area contributed by atoms with Crippen molar-refractivity contribution in [3.63, 3.8) is 0 Å². The first-order valence-electron chi connectivity index (χ1n) is 9.55. The number of hydrogen-bond acceptors (Lipinski definition) is 8. The van der Waals surface area contributed by atoms with E-state index in [1.165, 1.54) is 30.6 Å². The summed E-state index contributed by atoms with van der Waals surface area (Å²) in [6.07, 6.45) is 4.65. The number of phenolic OH excluding ortho intramolecular Hbond substituents is 2. The highest BCUT2D eigenvalue weighted by atomic mass is 32.2. The Labute approximate surface area is 188 Å². The highest BCUT2D eigenvalue weighted by molar-refractivity contribution is 8.18. The number of methoxy groups -OCH3 is 1. The highest BCUT2D eigenvalue weighted by Gasteiger charge is 2.34. The molecule has 0 bridgehead atoms. The number of aromatic hydroxyl groups is 2. The van der Waals surface area contributed by atoms with Crippen molar-refractivity contribution in [1.82, 2.24) is 4.90 Å². The monoisotopic (exact) mass is 449 g/mol. The fourth-order valence-electron chi connectivity index (χ4n) is 2.95. The minimum Gasteiger partial charge on any atom is -0.507 e. The van der Waals surface area contributed by atoms with E-state index in [4.69, 9.17) is 9.15 Å². The lowest BCUT2D eigenvalue weighted by Gasteiger charge is -2.12. The smallest absolute Gasteiger partial charge is 0.267 e. The number of ether oxygens (including phenoxy) is 1. The van der Waals surface area contributed by atoms with Gasteiger partial charge in [0.15, 0.2) is 16.7 Å². The van der Waals surface area contributed by atoms with E-state index >= 15 is 0 Å². The molecule has 9 heteroatoms. The number of rotatable bonds is 6. The molecule has 3 aromatic rings. The topological polar surface area (TPSA) is 108 Å². The number of thioether (sulfide) groups is 1. The van der Waals surface area contributed by atoms with Crippen LogP contribution < -0.4 is 4.74 Å². The third kappa shape index (κ3) is 4.68. The standard InChI is InChI=1S/C23H19N3O5S/c1-30-20-11-15(8-9-19(20)28)13-24-25-23-26(14-17-6-4-10-31-17)22(29)21(32-23)12-16-5-2-3-7-18(16)27/h2-13,27-28H,14H2,1H3/b21-12-,24-13+,25-23-. The van der Waals surface area contributed by atoms with Crippen LogP contribution in [0.4, 0.5) is 0 Å². The van der Waals surface area contributed by atoms with Crippen LogP contribution in [0.25, 0.3) is 6.08 Å². The summed E-state index contributed by atoms with van der Waals surface area (Å²) >= 11 is 1.15. The molecule has 1 aromatic heterocycles. The van der Waals surface area contributed by atoms with E-state index in [1.807, 2.05) is 0 Å². The van der Waals surface area contributed by atoms with E-state index in [2.05, 4.69) is 10.2 Å². The van der Waals surface area contributed by atoms with Crippen molar-refractivity contribution in [3.05, 3.63) is 82.7 Å². The van der Waals surface area contributed by atoms with Gasteiger partial charge in [-0.25, -0.2) is 0 Å². The first-order valence-corrected chi connectivity index (χ1v) is 10.4. The molecule has 0 saturated carbocycles. The van der Waals surface area contributed by atoms with Gasteiger partial charge in [-0.05, 0) is 59.8 Å². The van der Waals surface area contributed by atoms with E-state index in [9.17, 15) is 15.0 Å².